The number of amides is 2. The highest BCUT2D eigenvalue weighted by Gasteiger charge is 2.17. The van der Waals surface area contributed by atoms with Crippen LogP contribution >= 0.6 is 47.0 Å². The van der Waals surface area contributed by atoms with Gasteiger partial charge in [-0.25, -0.2) is 0 Å². The summed E-state index contributed by atoms with van der Waals surface area (Å²) in [6, 6.07) is 1.74. The van der Waals surface area contributed by atoms with Crippen LogP contribution < -0.4 is 10.6 Å². The summed E-state index contributed by atoms with van der Waals surface area (Å²) in [5, 5.41) is 5.24. The fourth-order valence-corrected chi connectivity index (χ4v) is 5.62. The molecule has 2 amide bonds. The average molecular weight is 428 g/mol. The molecule has 7 nitrogen and oxygen atoms in total. The van der Waals surface area contributed by atoms with Crippen molar-refractivity contribution < 1.29 is 9.59 Å². The molecule has 0 saturated heterocycles. The highest BCUT2D eigenvalue weighted by molar-refractivity contribution is 8.45. The Morgan fingerprint density at radius 2 is 1.38 bits per heavy atom. The lowest BCUT2D eigenvalue weighted by Crippen LogP contribution is -2.12. The molecule has 0 aliphatic carbocycles. The smallest absolute Gasteiger partial charge is 0.290 e. The Balaban J connectivity index is 1.65. The van der Waals surface area contributed by atoms with Gasteiger partial charge in [0, 0.05) is 11.5 Å². The predicted molar refractivity (Wildman–Crippen MR) is 116 cm³/mol. The van der Waals surface area contributed by atoms with Crippen LogP contribution in [-0.2, 0) is 0 Å². The quantitative estimate of drug-likeness (QED) is 0.720. The number of pyridine rings is 1. The van der Waals surface area contributed by atoms with Gasteiger partial charge in [-0.3, -0.25) is 24.6 Å². The van der Waals surface area contributed by atoms with Crippen LogP contribution in [0.5, 0.6) is 0 Å². The SMILES string of the molecule is Cc1nc(C)c(NC(=O)SC2=NCCS2)cc1NC(=O)SC1=NCCS1. The van der Waals surface area contributed by atoms with Gasteiger partial charge in [-0.2, -0.15) is 0 Å². The molecule has 0 radical (unpaired) electrons. The van der Waals surface area contributed by atoms with E-state index in [9.17, 15) is 9.59 Å². The first kappa shape index (κ1) is 19.6. The molecule has 1 aromatic heterocycles. The number of hydrogen-bond acceptors (Lipinski definition) is 9. The lowest BCUT2D eigenvalue weighted by Gasteiger charge is -2.13. The van der Waals surface area contributed by atoms with Crippen LogP contribution in [0.15, 0.2) is 16.1 Å². The maximum atomic E-state index is 12.2. The van der Waals surface area contributed by atoms with Crippen LogP contribution in [-0.4, -0.2) is 48.8 Å². The molecule has 3 rings (SSSR count). The molecule has 0 atom stereocenters. The maximum absolute atomic E-state index is 12.2. The molecule has 0 spiro atoms. The molecule has 3 heterocycles. The molecule has 11 heteroatoms. The molecule has 0 saturated carbocycles. The number of aliphatic imine (C=N–C) groups is 2. The van der Waals surface area contributed by atoms with E-state index in [1.807, 2.05) is 13.8 Å². The first-order valence-electron chi connectivity index (χ1n) is 7.81. The van der Waals surface area contributed by atoms with Crippen LogP contribution in [0.1, 0.15) is 11.4 Å². The third-order valence-corrected chi connectivity index (χ3v) is 7.27. The van der Waals surface area contributed by atoms with Crippen LogP contribution in [0.2, 0.25) is 0 Å². The minimum Gasteiger partial charge on any atom is -0.315 e. The maximum Gasteiger partial charge on any atom is 0.290 e. The van der Waals surface area contributed by atoms with Crippen LogP contribution in [0, 0.1) is 13.8 Å². The molecule has 2 N–H and O–H groups in total. The molecule has 0 aromatic carbocycles. The zero-order chi connectivity index (χ0) is 18.5. The van der Waals surface area contributed by atoms with Gasteiger partial charge in [0.1, 0.15) is 8.75 Å². The molecule has 0 bridgehead atoms. The molecular formula is C15H17N5O2S4. The highest BCUT2D eigenvalue weighted by Crippen LogP contribution is 2.28. The molecule has 138 valence electrons. The summed E-state index contributed by atoms with van der Waals surface area (Å²) in [6.45, 7) is 5.14. The van der Waals surface area contributed by atoms with E-state index in [1.54, 1.807) is 29.6 Å². The van der Waals surface area contributed by atoms with Crippen molar-refractivity contribution in [1.82, 2.24) is 4.98 Å². The van der Waals surface area contributed by atoms with E-state index in [0.717, 1.165) is 56.9 Å². The van der Waals surface area contributed by atoms with Gasteiger partial charge in [0.05, 0.1) is 35.9 Å². The van der Waals surface area contributed by atoms with Gasteiger partial charge in [-0.15, -0.1) is 0 Å². The number of carbonyl (C=O) groups excluding carboxylic acids is 2. The summed E-state index contributed by atoms with van der Waals surface area (Å²) in [6.07, 6.45) is 0. The third-order valence-electron chi connectivity index (χ3n) is 3.35. The van der Waals surface area contributed by atoms with E-state index in [4.69, 9.17) is 0 Å². The first-order valence-corrected chi connectivity index (χ1v) is 11.4. The monoisotopic (exact) mass is 427 g/mol. The average Bonchev–Trinajstić information content (AvgIpc) is 3.26. The zero-order valence-electron chi connectivity index (χ0n) is 14.2. The number of nitrogens with one attached hydrogen (secondary N) is 2. The zero-order valence-corrected chi connectivity index (χ0v) is 17.5. The van der Waals surface area contributed by atoms with Crippen LogP contribution in [0.4, 0.5) is 21.0 Å². The van der Waals surface area contributed by atoms with Crippen molar-refractivity contribution in [2.24, 2.45) is 9.98 Å². The molecular weight excluding hydrogens is 410 g/mol. The van der Waals surface area contributed by atoms with Gasteiger partial charge in [0.2, 0.25) is 0 Å². The van der Waals surface area contributed by atoms with E-state index in [0.29, 0.717) is 22.8 Å². The number of aromatic nitrogens is 1. The Morgan fingerprint density at radius 3 is 1.77 bits per heavy atom. The second-order valence-electron chi connectivity index (χ2n) is 5.28. The Hall–Kier alpha value is -1.17. The van der Waals surface area contributed by atoms with Crippen LogP contribution in [0.25, 0.3) is 0 Å². The summed E-state index contributed by atoms with van der Waals surface area (Å²) in [5.74, 6) is 1.83. The fourth-order valence-electron chi connectivity index (χ4n) is 2.16. The molecule has 2 aliphatic rings. The minimum atomic E-state index is -0.213. The van der Waals surface area contributed by atoms with Gasteiger partial charge in [0.15, 0.2) is 0 Å². The van der Waals surface area contributed by atoms with Crippen molar-refractivity contribution in [1.29, 1.82) is 0 Å². The third kappa shape index (κ3) is 5.41. The number of rotatable bonds is 2. The van der Waals surface area contributed by atoms with E-state index in [-0.39, 0.29) is 10.5 Å². The Labute approximate surface area is 168 Å². The van der Waals surface area contributed by atoms with E-state index in [1.165, 1.54) is 0 Å². The largest absolute Gasteiger partial charge is 0.315 e. The van der Waals surface area contributed by atoms with E-state index < -0.39 is 0 Å². The Morgan fingerprint density at radius 1 is 0.923 bits per heavy atom. The van der Waals surface area contributed by atoms with Crippen molar-refractivity contribution in [3.05, 3.63) is 17.5 Å². The second-order valence-corrected chi connectivity index (χ2v) is 9.88. The molecule has 0 unspecified atom stereocenters. The van der Waals surface area contributed by atoms with Crippen molar-refractivity contribution in [2.75, 3.05) is 35.2 Å². The molecule has 2 aliphatic heterocycles. The number of thioether (sulfide) groups is 4. The van der Waals surface area contributed by atoms with Crippen molar-refractivity contribution >= 4 is 77.7 Å². The number of aryl methyl sites for hydroxylation is 2. The first-order chi connectivity index (χ1) is 12.5. The fraction of sp³-hybridized carbons (Fsp3) is 0.400. The Bertz CT molecular complexity index is 735. The topological polar surface area (TPSA) is 95.8 Å². The second kappa shape index (κ2) is 9.16. The standard InChI is InChI=1S/C15H17N5O2S4/c1-8-10(19-12(21)25-14-16-3-5-23-14)7-11(9(2)18-8)20-13(22)26-15-17-4-6-24-15/h7H,3-6H2,1-2H3,(H,19,21)(H,20,22). The molecule has 26 heavy (non-hydrogen) atoms. The van der Waals surface area contributed by atoms with Crippen molar-refractivity contribution in [3.8, 4) is 0 Å². The number of carbonyl (C=O) groups is 2. The van der Waals surface area contributed by atoms with E-state index >= 15 is 0 Å². The number of nitrogens with zero attached hydrogens (tertiary/aromatic N) is 3. The highest BCUT2D eigenvalue weighted by atomic mass is 32.2. The molecule has 0 fully saturated rings. The lowest BCUT2D eigenvalue weighted by atomic mass is 10.2. The van der Waals surface area contributed by atoms with Gasteiger partial charge in [0.25, 0.3) is 10.5 Å². The van der Waals surface area contributed by atoms with Gasteiger partial charge in [-0.05, 0) is 43.4 Å². The lowest BCUT2D eigenvalue weighted by molar-refractivity contribution is 0.269. The van der Waals surface area contributed by atoms with Gasteiger partial charge < -0.3 is 10.6 Å². The predicted octanol–water partition coefficient (Wildman–Crippen LogP) is 4.43. The van der Waals surface area contributed by atoms with Crippen LogP contribution in [0.3, 0.4) is 0 Å². The summed E-state index contributed by atoms with van der Waals surface area (Å²) < 4.78 is 1.56. The summed E-state index contributed by atoms with van der Waals surface area (Å²) in [5.41, 5.74) is 2.53. The summed E-state index contributed by atoms with van der Waals surface area (Å²) in [4.78, 5) is 37.3. The summed E-state index contributed by atoms with van der Waals surface area (Å²) in [7, 11) is 0. The minimum absolute atomic E-state index is 0.213. The summed E-state index contributed by atoms with van der Waals surface area (Å²) >= 11 is 5.32. The Kier molecular flexibility index (Phi) is 6.90. The normalized spacial score (nSPS) is 16.2. The number of anilines is 2. The number of hydrogen-bond donors (Lipinski definition) is 2. The van der Waals surface area contributed by atoms with E-state index in [2.05, 4.69) is 25.6 Å². The van der Waals surface area contributed by atoms with Crippen molar-refractivity contribution in [2.45, 2.75) is 13.8 Å². The molecule has 1 aromatic rings. The van der Waals surface area contributed by atoms with Crippen molar-refractivity contribution in [3.63, 3.8) is 0 Å². The van der Waals surface area contributed by atoms with Gasteiger partial charge >= 0.3 is 0 Å². The van der Waals surface area contributed by atoms with Gasteiger partial charge in [-0.1, -0.05) is 23.5 Å².